The van der Waals surface area contributed by atoms with Crippen LogP contribution in [0.5, 0.6) is 0 Å². The Labute approximate surface area is 167 Å². The fourth-order valence-corrected chi connectivity index (χ4v) is 4.56. The second-order valence-electron chi connectivity index (χ2n) is 6.95. The van der Waals surface area contributed by atoms with E-state index in [1.807, 2.05) is 36.4 Å². The van der Waals surface area contributed by atoms with E-state index in [-0.39, 0.29) is 30.9 Å². The number of aryl methyl sites for hydroxylation is 2. The van der Waals surface area contributed by atoms with Crippen LogP contribution < -0.4 is 5.32 Å². The van der Waals surface area contributed by atoms with Crippen LogP contribution in [0.3, 0.4) is 0 Å². The van der Waals surface area contributed by atoms with Gasteiger partial charge < -0.3 is 10.1 Å². The zero-order chi connectivity index (χ0) is 19.3. The molecular weight excluding hydrogens is 372 g/mol. The highest BCUT2D eigenvalue weighted by Gasteiger charge is 2.21. The zero-order valence-corrected chi connectivity index (χ0v) is 16.3. The molecule has 0 saturated heterocycles. The molecule has 28 heavy (non-hydrogen) atoms. The lowest BCUT2D eigenvalue weighted by atomic mass is 9.88. The van der Waals surface area contributed by atoms with E-state index in [0.717, 1.165) is 34.5 Å². The van der Waals surface area contributed by atoms with Crippen LogP contribution in [0.4, 0.5) is 0 Å². The average Bonchev–Trinajstić information content (AvgIpc) is 3.14. The summed E-state index contributed by atoms with van der Waals surface area (Å²) in [6.07, 6.45) is 3.75. The average molecular weight is 394 g/mol. The summed E-state index contributed by atoms with van der Waals surface area (Å²) in [5.41, 5.74) is 3.40. The first kappa shape index (κ1) is 18.6. The van der Waals surface area contributed by atoms with Gasteiger partial charge in [-0.15, -0.1) is 11.3 Å². The Kier molecular flexibility index (Phi) is 5.67. The Hall–Kier alpha value is -2.73. The molecule has 1 unspecified atom stereocenters. The number of rotatable bonds is 6. The summed E-state index contributed by atoms with van der Waals surface area (Å²) in [5, 5.41) is 3.90. The summed E-state index contributed by atoms with van der Waals surface area (Å²) in [4.78, 5) is 28.7. The summed E-state index contributed by atoms with van der Waals surface area (Å²) in [5.74, 6) is -0.631. The molecule has 1 heterocycles. The van der Waals surface area contributed by atoms with E-state index in [4.69, 9.17) is 4.74 Å². The number of amides is 1. The number of hydrogen-bond donors (Lipinski definition) is 1. The molecule has 4 rings (SSSR count). The van der Waals surface area contributed by atoms with Crippen molar-refractivity contribution in [2.45, 2.75) is 38.1 Å². The first-order valence-electron chi connectivity index (χ1n) is 9.56. The summed E-state index contributed by atoms with van der Waals surface area (Å²) in [6, 6.07) is 16.1. The standard InChI is InChI=1S/C22H22N2O3S/c25-20(23-17-10-5-7-15-6-1-2-8-16(15)17)14-27-22(26)13-12-21-24-18-9-3-4-11-19(18)28-21/h1-4,6,8-9,11,17H,5,7,10,12-14H2,(H,23,25). The Morgan fingerprint density at radius 1 is 1.14 bits per heavy atom. The third-order valence-electron chi connectivity index (χ3n) is 4.95. The maximum Gasteiger partial charge on any atom is 0.306 e. The number of carbonyl (C=O) groups is 2. The number of benzene rings is 2. The van der Waals surface area contributed by atoms with Crippen molar-refractivity contribution in [2.24, 2.45) is 0 Å². The van der Waals surface area contributed by atoms with Crippen molar-refractivity contribution in [1.29, 1.82) is 0 Å². The van der Waals surface area contributed by atoms with Crippen molar-refractivity contribution in [1.82, 2.24) is 10.3 Å². The summed E-state index contributed by atoms with van der Waals surface area (Å²) < 4.78 is 6.26. The Bertz CT molecular complexity index is 965. The van der Waals surface area contributed by atoms with Gasteiger partial charge in [-0.2, -0.15) is 0 Å². The van der Waals surface area contributed by atoms with Gasteiger partial charge in [0.05, 0.1) is 27.7 Å². The first-order chi connectivity index (χ1) is 13.7. The van der Waals surface area contributed by atoms with Gasteiger partial charge in [-0.1, -0.05) is 36.4 Å². The van der Waals surface area contributed by atoms with Gasteiger partial charge >= 0.3 is 5.97 Å². The molecule has 0 saturated carbocycles. The number of fused-ring (bicyclic) bond motifs is 2. The number of aromatic nitrogens is 1. The van der Waals surface area contributed by atoms with Crippen LogP contribution in [0.25, 0.3) is 10.2 Å². The molecule has 0 radical (unpaired) electrons. The topological polar surface area (TPSA) is 68.3 Å². The number of hydrogen-bond acceptors (Lipinski definition) is 5. The van der Waals surface area contributed by atoms with Gasteiger partial charge in [0.1, 0.15) is 0 Å². The van der Waals surface area contributed by atoms with E-state index >= 15 is 0 Å². The predicted octanol–water partition coefficient (Wildman–Crippen LogP) is 3.97. The molecule has 1 atom stereocenters. The molecule has 0 spiro atoms. The molecule has 1 N–H and O–H groups in total. The van der Waals surface area contributed by atoms with Gasteiger partial charge in [-0.25, -0.2) is 4.98 Å². The molecule has 5 nitrogen and oxygen atoms in total. The van der Waals surface area contributed by atoms with Gasteiger partial charge in [0.15, 0.2) is 6.61 Å². The van der Waals surface area contributed by atoms with Crippen molar-refractivity contribution < 1.29 is 14.3 Å². The number of carbonyl (C=O) groups excluding carboxylic acids is 2. The highest BCUT2D eigenvalue weighted by molar-refractivity contribution is 7.18. The molecule has 1 aliphatic carbocycles. The Balaban J connectivity index is 1.24. The predicted molar refractivity (Wildman–Crippen MR) is 109 cm³/mol. The molecule has 1 amide bonds. The van der Waals surface area contributed by atoms with Crippen LogP contribution in [0.15, 0.2) is 48.5 Å². The summed E-state index contributed by atoms with van der Waals surface area (Å²) >= 11 is 1.58. The van der Waals surface area contributed by atoms with Crippen molar-refractivity contribution >= 4 is 33.4 Å². The third kappa shape index (κ3) is 4.39. The van der Waals surface area contributed by atoms with Crippen molar-refractivity contribution in [3.63, 3.8) is 0 Å². The molecule has 0 aliphatic heterocycles. The van der Waals surface area contributed by atoms with Crippen LogP contribution in [-0.4, -0.2) is 23.5 Å². The summed E-state index contributed by atoms with van der Waals surface area (Å²) in [7, 11) is 0. The molecule has 0 bridgehead atoms. The first-order valence-corrected chi connectivity index (χ1v) is 10.4. The van der Waals surface area contributed by atoms with Gasteiger partial charge in [-0.3, -0.25) is 9.59 Å². The maximum absolute atomic E-state index is 12.2. The lowest BCUT2D eigenvalue weighted by molar-refractivity contribution is -0.148. The lowest BCUT2D eigenvalue weighted by Crippen LogP contribution is -2.34. The van der Waals surface area contributed by atoms with Crippen molar-refractivity contribution in [3.8, 4) is 0 Å². The van der Waals surface area contributed by atoms with Crippen molar-refractivity contribution in [3.05, 3.63) is 64.7 Å². The van der Waals surface area contributed by atoms with E-state index in [2.05, 4.69) is 22.4 Å². The van der Waals surface area contributed by atoms with Gasteiger partial charge in [0.2, 0.25) is 0 Å². The molecule has 2 aromatic carbocycles. The van der Waals surface area contributed by atoms with Crippen LogP contribution in [0.1, 0.15) is 41.4 Å². The SMILES string of the molecule is O=C(COC(=O)CCc1nc2ccccc2s1)NC1CCCc2ccccc21. The third-order valence-corrected chi connectivity index (χ3v) is 6.05. The largest absolute Gasteiger partial charge is 0.456 e. The number of esters is 1. The quantitative estimate of drug-likeness (QED) is 0.643. The number of nitrogens with zero attached hydrogens (tertiary/aromatic N) is 1. The number of nitrogens with one attached hydrogen (secondary N) is 1. The molecule has 6 heteroatoms. The molecule has 1 aromatic heterocycles. The highest BCUT2D eigenvalue weighted by atomic mass is 32.1. The maximum atomic E-state index is 12.2. The van der Waals surface area contributed by atoms with E-state index in [1.54, 1.807) is 11.3 Å². The fourth-order valence-electron chi connectivity index (χ4n) is 3.59. The van der Waals surface area contributed by atoms with Crippen LogP contribution in [-0.2, 0) is 27.2 Å². The second-order valence-corrected chi connectivity index (χ2v) is 8.06. The molecule has 0 fully saturated rings. The van der Waals surface area contributed by atoms with Crippen molar-refractivity contribution in [2.75, 3.05) is 6.61 Å². The normalized spacial score (nSPS) is 15.8. The smallest absolute Gasteiger partial charge is 0.306 e. The number of thiazole rings is 1. The highest BCUT2D eigenvalue weighted by Crippen LogP contribution is 2.29. The Morgan fingerprint density at radius 3 is 2.86 bits per heavy atom. The van der Waals surface area contributed by atoms with E-state index in [9.17, 15) is 9.59 Å². The molecular formula is C22H22N2O3S. The Morgan fingerprint density at radius 2 is 1.96 bits per heavy atom. The zero-order valence-electron chi connectivity index (χ0n) is 15.5. The van der Waals surface area contributed by atoms with Crippen LogP contribution >= 0.6 is 11.3 Å². The van der Waals surface area contributed by atoms with Gasteiger partial charge in [-0.05, 0) is 42.5 Å². The second kappa shape index (κ2) is 8.52. The number of ether oxygens (including phenoxy) is 1. The minimum atomic E-state index is -0.376. The van der Waals surface area contributed by atoms with E-state index in [1.165, 1.54) is 11.1 Å². The molecule has 3 aromatic rings. The molecule has 1 aliphatic rings. The fraction of sp³-hybridized carbons (Fsp3) is 0.318. The van der Waals surface area contributed by atoms with E-state index < -0.39 is 0 Å². The minimum Gasteiger partial charge on any atom is -0.456 e. The van der Waals surface area contributed by atoms with Crippen LogP contribution in [0, 0.1) is 0 Å². The monoisotopic (exact) mass is 394 g/mol. The van der Waals surface area contributed by atoms with Gasteiger partial charge in [0.25, 0.3) is 5.91 Å². The van der Waals surface area contributed by atoms with E-state index in [0.29, 0.717) is 6.42 Å². The van der Waals surface area contributed by atoms with Crippen LogP contribution in [0.2, 0.25) is 0 Å². The minimum absolute atomic E-state index is 0.00102. The number of para-hydroxylation sites is 1. The summed E-state index contributed by atoms with van der Waals surface area (Å²) in [6.45, 7) is -0.239. The lowest BCUT2D eigenvalue weighted by Gasteiger charge is -2.26. The molecule has 144 valence electrons. The van der Waals surface area contributed by atoms with Gasteiger partial charge in [0, 0.05) is 6.42 Å².